The van der Waals surface area contributed by atoms with Crippen LogP contribution in [0.25, 0.3) is 16.7 Å². The molecule has 1 aromatic carbocycles. The summed E-state index contributed by atoms with van der Waals surface area (Å²) in [7, 11) is 0. The first kappa shape index (κ1) is 8.55. The zero-order valence-corrected chi connectivity index (χ0v) is 8.60. The summed E-state index contributed by atoms with van der Waals surface area (Å²) in [6.45, 7) is 1.87. The van der Waals surface area contributed by atoms with Gasteiger partial charge in [0.2, 0.25) is 5.65 Å². The monoisotopic (exact) mass is 219 g/mol. The van der Waals surface area contributed by atoms with Gasteiger partial charge in [-0.15, -0.1) is 5.10 Å². The van der Waals surface area contributed by atoms with Crippen molar-refractivity contribution in [3.8, 4) is 0 Å². The highest BCUT2D eigenvalue weighted by Gasteiger charge is 2.07. The van der Waals surface area contributed by atoms with Gasteiger partial charge in [0.05, 0.1) is 16.7 Å². The molecule has 0 spiro atoms. The van der Waals surface area contributed by atoms with Crippen LogP contribution >= 0.6 is 11.6 Å². The fourth-order valence-electron chi connectivity index (χ4n) is 1.57. The second kappa shape index (κ2) is 2.87. The lowest BCUT2D eigenvalue weighted by molar-refractivity contribution is 0.840. The highest BCUT2D eigenvalue weighted by atomic mass is 35.5. The fraction of sp³-hybridized carbons (Fsp3) is 0.111. The molecule has 0 aliphatic carbocycles. The molecule has 0 amide bonds. The van der Waals surface area contributed by atoms with E-state index in [9.17, 15) is 0 Å². The molecule has 74 valence electrons. The number of aromatic nitrogens is 5. The summed E-state index contributed by atoms with van der Waals surface area (Å²) in [5, 5.41) is 12.1. The number of tetrazole rings is 1. The molecule has 2 heterocycles. The molecular formula is C9H6ClN5. The third-order valence-electron chi connectivity index (χ3n) is 2.25. The average Bonchev–Trinajstić information content (AvgIpc) is 2.66. The van der Waals surface area contributed by atoms with Crippen LogP contribution < -0.4 is 0 Å². The van der Waals surface area contributed by atoms with Crippen molar-refractivity contribution in [3.63, 3.8) is 0 Å². The minimum Gasteiger partial charge on any atom is -0.247 e. The average molecular weight is 220 g/mol. The summed E-state index contributed by atoms with van der Waals surface area (Å²) in [6, 6.07) is 5.44. The van der Waals surface area contributed by atoms with Gasteiger partial charge >= 0.3 is 0 Å². The Bertz CT molecular complexity index is 660. The first-order chi connectivity index (χ1) is 7.25. The van der Waals surface area contributed by atoms with Crippen LogP contribution in [0.2, 0.25) is 5.02 Å². The minimum absolute atomic E-state index is 0.654. The predicted molar refractivity (Wildman–Crippen MR) is 55.8 cm³/mol. The van der Waals surface area contributed by atoms with Gasteiger partial charge in [0.15, 0.2) is 0 Å². The van der Waals surface area contributed by atoms with Gasteiger partial charge in [0.1, 0.15) is 0 Å². The largest absolute Gasteiger partial charge is 0.247 e. The number of hydrogen-bond acceptors (Lipinski definition) is 4. The topological polar surface area (TPSA) is 56.0 Å². The normalized spacial score (nSPS) is 11.3. The van der Waals surface area contributed by atoms with E-state index < -0.39 is 0 Å². The molecule has 5 nitrogen and oxygen atoms in total. The second-order valence-corrected chi connectivity index (χ2v) is 3.68. The van der Waals surface area contributed by atoms with Crippen LogP contribution in [0.4, 0.5) is 0 Å². The quantitative estimate of drug-likeness (QED) is 0.577. The summed E-state index contributed by atoms with van der Waals surface area (Å²) >= 11 is 5.90. The van der Waals surface area contributed by atoms with Crippen LogP contribution in [-0.4, -0.2) is 25.0 Å². The van der Waals surface area contributed by atoms with Crippen LogP contribution in [0, 0.1) is 6.92 Å². The van der Waals surface area contributed by atoms with E-state index in [0.29, 0.717) is 10.7 Å². The van der Waals surface area contributed by atoms with Crippen molar-refractivity contribution in [1.82, 2.24) is 25.0 Å². The van der Waals surface area contributed by atoms with Gasteiger partial charge < -0.3 is 0 Å². The van der Waals surface area contributed by atoms with Crippen molar-refractivity contribution in [2.24, 2.45) is 0 Å². The fourth-order valence-corrected chi connectivity index (χ4v) is 1.74. The summed E-state index contributed by atoms with van der Waals surface area (Å²) < 4.78 is 1.66. The van der Waals surface area contributed by atoms with Crippen LogP contribution in [0.15, 0.2) is 18.2 Å². The van der Waals surface area contributed by atoms with E-state index in [1.807, 2.05) is 13.0 Å². The van der Waals surface area contributed by atoms with Crippen LogP contribution in [0.1, 0.15) is 5.69 Å². The van der Waals surface area contributed by atoms with Crippen molar-refractivity contribution < 1.29 is 0 Å². The number of hydrogen-bond donors (Lipinski definition) is 0. The molecule has 2 aromatic heterocycles. The van der Waals surface area contributed by atoms with Crippen molar-refractivity contribution >= 4 is 28.3 Å². The molecule has 0 radical (unpaired) electrons. The second-order valence-electron chi connectivity index (χ2n) is 3.24. The Morgan fingerprint density at radius 3 is 3.07 bits per heavy atom. The van der Waals surface area contributed by atoms with E-state index in [0.717, 1.165) is 16.7 Å². The van der Waals surface area contributed by atoms with Crippen molar-refractivity contribution in [2.45, 2.75) is 6.92 Å². The van der Waals surface area contributed by atoms with Crippen molar-refractivity contribution in [1.29, 1.82) is 0 Å². The van der Waals surface area contributed by atoms with Gasteiger partial charge in [-0.05, 0) is 35.5 Å². The molecule has 0 saturated heterocycles. The van der Waals surface area contributed by atoms with E-state index in [-0.39, 0.29) is 0 Å². The molecule has 0 saturated carbocycles. The summed E-state index contributed by atoms with van der Waals surface area (Å²) in [5.41, 5.74) is 3.10. The molecule has 3 aromatic rings. The third kappa shape index (κ3) is 1.16. The van der Waals surface area contributed by atoms with Gasteiger partial charge in [-0.1, -0.05) is 11.6 Å². The van der Waals surface area contributed by atoms with Gasteiger partial charge in [0, 0.05) is 5.02 Å². The van der Waals surface area contributed by atoms with E-state index in [4.69, 9.17) is 11.6 Å². The Morgan fingerprint density at radius 1 is 1.33 bits per heavy atom. The number of nitrogens with zero attached hydrogens (tertiary/aromatic N) is 5. The van der Waals surface area contributed by atoms with Gasteiger partial charge in [-0.2, -0.15) is 4.52 Å². The van der Waals surface area contributed by atoms with Crippen LogP contribution in [-0.2, 0) is 0 Å². The number of aryl methyl sites for hydroxylation is 1. The lowest BCUT2D eigenvalue weighted by Crippen LogP contribution is -1.96. The molecule has 6 heteroatoms. The molecule has 3 rings (SSSR count). The molecule has 0 fully saturated rings. The maximum absolute atomic E-state index is 5.90. The summed E-state index contributed by atoms with van der Waals surface area (Å²) in [5.74, 6) is 0. The third-order valence-corrected chi connectivity index (χ3v) is 2.48. The number of fused-ring (bicyclic) bond motifs is 3. The molecule has 0 aliphatic heterocycles. The highest BCUT2D eigenvalue weighted by molar-refractivity contribution is 6.31. The summed E-state index contributed by atoms with van der Waals surface area (Å²) in [6.07, 6.45) is 0. The Morgan fingerprint density at radius 2 is 2.20 bits per heavy atom. The first-order valence-corrected chi connectivity index (χ1v) is 4.77. The van der Waals surface area contributed by atoms with Crippen molar-refractivity contribution in [3.05, 3.63) is 28.9 Å². The Hall–Kier alpha value is -1.75. The predicted octanol–water partition coefficient (Wildman–Crippen LogP) is 1.63. The first-order valence-electron chi connectivity index (χ1n) is 4.40. The molecule has 15 heavy (non-hydrogen) atoms. The molecule has 0 aliphatic rings. The molecular weight excluding hydrogens is 214 g/mol. The number of benzene rings is 1. The van der Waals surface area contributed by atoms with Crippen LogP contribution in [0.3, 0.4) is 0 Å². The molecule has 0 bridgehead atoms. The van der Waals surface area contributed by atoms with E-state index >= 15 is 0 Å². The standard InChI is InChI=1S/C9H6ClN5/c1-5-9-12-13-14-15(9)8-3-2-6(10)4-7(8)11-5/h2-4H,1H3. The Labute approximate surface area is 89.7 Å². The zero-order valence-electron chi connectivity index (χ0n) is 7.85. The van der Waals surface area contributed by atoms with E-state index in [2.05, 4.69) is 20.5 Å². The minimum atomic E-state index is 0.654. The van der Waals surface area contributed by atoms with E-state index in [1.54, 1.807) is 16.6 Å². The SMILES string of the molecule is Cc1nc2cc(Cl)ccc2n2nnnc12. The zero-order chi connectivity index (χ0) is 10.4. The molecule has 0 N–H and O–H groups in total. The van der Waals surface area contributed by atoms with Gasteiger partial charge in [-0.3, -0.25) is 0 Å². The Balaban J connectivity index is 2.60. The number of halogens is 1. The molecule has 0 atom stereocenters. The Kier molecular flexibility index (Phi) is 1.63. The maximum atomic E-state index is 5.90. The van der Waals surface area contributed by atoms with E-state index in [1.165, 1.54) is 0 Å². The lowest BCUT2D eigenvalue weighted by atomic mass is 10.3. The van der Waals surface area contributed by atoms with Crippen molar-refractivity contribution in [2.75, 3.05) is 0 Å². The van der Waals surface area contributed by atoms with Gasteiger partial charge in [-0.25, -0.2) is 4.98 Å². The van der Waals surface area contributed by atoms with Gasteiger partial charge in [0.25, 0.3) is 0 Å². The maximum Gasteiger partial charge on any atom is 0.201 e. The highest BCUT2D eigenvalue weighted by Crippen LogP contribution is 2.18. The van der Waals surface area contributed by atoms with Crippen LogP contribution in [0.5, 0.6) is 0 Å². The molecule has 0 unspecified atom stereocenters. The lowest BCUT2D eigenvalue weighted by Gasteiger charge is -2.01. The smallest absolute Gasteiger partial charge is 0.201 e. The summed E-state index contributed by atoms with van der Waals surface area (Å²) in [4.78, 5) is 4.39. The number of rotatable bonds is 0.